The van der Waals surface area contributed by atoms with Crippen molar-refractivity contribution in [2.75, 3.05) is 6.61 Å². The number of nitrogens with one attached hydrogen (secondary N) is 1. The molecule has 120 valence electrons. The third-order valence-corrected chi connectivity index (χ3v) is 2.84. The number of halogens is 3. The van der Waals surface area contributed by atoms with Gasteiger partial charge >= 0.3 is 5.97 Å². The lowest BCUT2D eigenvalue weighted by atomic mass is 10.2. The molecule has 0 saturated heterocycles. The average Bonchev–Trinajstić information content (AvgIpc) is 2.51. The Balaban J connectivity index is 1.81. The molecule has 0 aliphatic heterocycles. The van der Waals surface area contributed by atoms with Crippen LogP contribution in [0.4, 0.5) is 13.2 Å². The number of hydrogen-bond donors (Lipinski definition) is 1. The molecule has 0 atom stereocenters. The third-order valence-electron chi connectivity index (χ3n) is 2.84. The van der Waals surface area contributed by atoms with Crippen LogP contribution in [0.2, 0.25) is 0 Å². The summed E-state index contributed by atoms with van der Waals surface area (Å²) in [6.45, 7) is -0.469. The molecule has 0 saturated carbocycles. The zero-order valence-electron chi connectivity index (χ0n) is 11.8. The van der Waals surface area contributed by atoms with Crippen LogP contribution in [0.3, 0.4) is 0 Å². The van der Waals surface area contributed by atoms with Gasteiger partial charge in [0.1, 0.15) is 17.5 Å². The fourth-order valence-corrected chi connectivity index (χ4v) is 1.74. The summed E-state index contributed by atoms with van der Waals surface area (Å²) in [5, 5.41) is 2.46. The van der Waals surface area contributed by atoms with Crippen molar-refractivity contribution < 1.29 is 27.5 Å². The largest absolute Gasteiger partial charge is 0.452 e. The number of amides is 1. The van der Waals surface area contributed by atoms with E-state index in [4.69, 9.17) is 0 Å². The summed E-state index contributed by atoms with van der Waals surface area (Å²) < 4.78 is 43.3. The summed E-state index contributed by atoms with van der Waals surface area (Å²) in [5.41, 5.74) is 0.340. The molecule has 2 rings (SSSR count). The summed E-state index contributed by atoms with van der Waals surface area (Å²) >= 11 is 0. The number of hydrogen-bond acceptors (Lipinski definition) is 3. The van der Waals surface area contributed by atoms with E-state index in [0.29, 0.717) is 11.6 Å². The van der Waals surface area contributed by atoms with E-state index in [-0.39, 0.29) is 12.1 Å². The van der Waals surface area contributed by atoms with E-state index in [1.807, 2.05) is 0 Å². The average molecular weight is 323 g/mol. The van der Waals surface area contributed by atoms with Crippen molar-refractivity contribution in [3.8, 4) is 0 Å². The zero-order chi connectivity index (χ0) is 16.8. The number of esters is 1. The predicted octanol–water partition coefficient (Wildman–Crippen LogP) is 2.58. The Labute approximate surface area is 129 Å². The molecule has 0 aliphatic rings. The van der Waals surface area contributed by atoms with Gasteiger partial charge in [-0.25, -0.2) is 18.0 Å². The lowest BCUT2D eigenvalue weighted by Crippen LogP contribution is -2.28. The van der Waals surface area contributed by atoms with Gasteiger partial charge in [-0.3, -0.25) is 4.79 Å². The first-order chi connectivity index (χ1) is 10.9. The summed E-state index contributed by atoms with van der Waals surface area (Å²) in [4.78, 5) is 23.1. The van der Waals surface area contributed by atoms with Crippen molar-refractivity contribution in [1.29, 1.82) is 0 Å². The predicted molar refractivity (Wildman–Crippen MR) is 74.9 cm³/mol. The second-order valence-corrected chi connectivity index (χ2v) is 4.64. The molecule has 0 aliphatic carbocycles. The van der Waals surface area contributed by atoms with Crippen LogP contribution >= 0.6 is 0 Å². The summed E-state index contributed by atoms with van der Waals surface area (Å²) in [6, 6.07) is 7.73. The topological polar surface area (TPSA) is 55.4 Å². The number of rotatable bonds is 5. The van der Waals surface area contributed by atoms with E-state index >= 15 is 0 Å². The SMILES string of the molecule is O=C(COC(=O)c1cc(F)cc(F)c1)NCc1ccc(F)cc1. The van der Waals surface area contributed by atoms with E-state index in [1.54, 1.807) is 0 Å². The van der Waals surface area contributed by atoms with E-state index in [9.17, 15) is 22.8 Å². The fraction of sp³-hybridized carbons (Fsp3) is 0.125. The minimum atomic E-state index is -1.01. The van der Waals surface area contributed by atoms with Crippen molar-refractivity contribution in [1.82, 2.24) is 5.32 Å². The zero-order valence-corrected chi connectivity index (χ0v) is 11.8. The molecule has 0 bridgehead atoms. The minimum Gasteiger partial charge on any atom is -0.452 e. The number of benzene rings is 2. The lowest BCUT2D eigenvalue weighted by molar-refractivity contribution is -0.124. The van der Waals surface area contributed by atoms with Crippen molar-refractivity contribution in [2.45, 2.75) is 6.54 Å². The molecule has 23 heavy (non-hydrogen) atoms. The second kappa shape index (κ2) is 7.44. The molecular formula is C16H12F3NO3. The smallest absolute Gasteiger partial charge is 0.338 e. The van der Waals surface area contributed by atoms with E-state index in [1.165, 1.54) is 24.3 Å². The Kier molecular flexibility index (Phi) is 5.35. The molecule has 4 nitrogen and oxygen atoms in total. The summed E-state index contributed by atoms with van der Waals surface area (Å²) in [5.74, 6) is -3.84. The maximum atomic E-state index is 13.0. The van der Waals surface area contributed by atoms with Gasteiger partial charge in [0, 0.05) is 12.6 Å². The highest BCUT2D eigenvalue weighted by atomic mass is 19.1. The Morgan fingerprint density at radius 1 is 0.913 bits per heavy atom. The Morgan fingerprint density at radius 2 is 1.52 bits per heavy atom. The molecule has 1 N–H and O–H groups in total. The molecule has 1 amide bonds. The lowest BCUT2D eigenvalue weighted by Gasteiger charge is -2.07. The first kappa shape index (κ1) is 16.5. The van der Waals surface area contributed by atoms with Crippen LogP contribution in [0.25, 0.3) is 0 Å². The summed E-state index contributed by atoms with van der Waals surface area (Å²) in [7, 11) is 0. The number of carbonyl (C=O) groups excluding carboxylic acids is 2. The van der Waals surface area contributed by atoms with Gasteiger partial charge < -0.3 is 10.1 Å². The van der Waals surface area contributed by atoms with E-state index < -0.39 is 35.9 Å². The quantitative estimate of drug-likeness (QED) is 0.861. The van der Waals surface area contributed by atoms with E-state index in [2.05, 4.69) is 10.1 Å². The minimum absolute atomic E-state index is 0.130. The second-order valence-electron chi connectivity index (χ2n) is 4.64. The Hall–Kier alpha value is -2.83. The van der Waals surface area contributed by atoms with Gasteiger partial charge in [-0.2, -0.15) is 0 Å². The van der Waals surface area contributed by atoms with Crippen LogP contribution < -0.4 is 5.32 Å². The van der Waals surface area contributed by atoms with Gasteiger partial charge in [0.05, 0.1) is 5.56 Å². The van der Waals surface area contributed by atoms with Crippen LogP contribution in [-0.4, -0.2) is 18.5 Å². The molecule has 0 fully saturated rings. The van der Waals surface area contributed by atoms with Gasteiger partial charge in [-0.05, 0) is 29.8 Å². The molecule has 0 heterocycles. The maximum absolute atomic E-state index is 13.0. The van der Waals surface area contributed by atoms with Crippen LogP contribution in [0.5, 0.6) is 0 Å². The number of carbonyl (C=O) groups is 2. The Morgan fingerprint density at radius 3 is 2.13 bits per heavy atom. The van der Waals surface area contributed by atoms with Crippen LogP contribution in [0.1, 0.15) is 15.9 Å². The van der Waals surface area contributed by atoms with Gasteiger partial charge in [0.15, 0.2) is 6.61 Å². The van der Waals surface area contributed by atoms with Gasteiger partial charge in [-0.15, -0.1) is 0 Å². The van der Waals surface area contributed by atoms with Crippen LogP contribution in [0, 0.1) is 17.5 Å². The number of ether oxygens (including phenoxy) is 1. The molecule has 7 heteroatoms. The Bertz CT molecular complexity index is 697. The summed E-state index contributed by atoms with van der Waals surface area (Å²) in [6.07, 6.45) is 0. The van der Waals surface area contributed by atoms with Crippen molar-refractivity contribution >= 4 is 11.9 Å². The monoisotopic (exact) mass is 323 g/mol. The van der Waals surface area contributed by atoms with Crippen LogP contribution in [0.15, 0.2) is 42.5 Å². The standard InChI is InChI=1S/C16H12F3NO3/c17-12-3-1-10(2-4-12)8-20-15(21)9-23-16(22)11-5-13(18)7-14(19)6-11/h1-7H,8-9H2,(H,20,21). The first-order valence-electron chi connectivity index (χ1n) is 6.58. The molecular weight excluding hydrogens is 311 g/mol. The van der Waals surface area contributed by atoms with Crippen molar-refractivity contribution in [2.24, 2.45) is 0 Å². The highest BCUT2D eigenvalue weighted by Crippen LogP contribution is 2.09. The van der Waals surface area contributed by atoms with Gasteiger partial charge in [0.2, 0.25) is 0 Å². The molecule has 0 spiro atoms. The molecule has 0 unspecified atom stereocenters. The molecule has 2 aromatic carbocycles. The highest BCUT2D eigenvalue weighted by Gasteiger charge is 2.12. The van der Waals surface area contributed by atoms with E-state index in [0.717, 1.165) is 12.1 Å². The van der Waals surface area contributed by atoms with Gasteiger partial charge in [0.25, 0.3) is 5.91 Å². The van der Waals surface area contributed by atoms with Crippen molar-refractivity contribution in [3.63, 3.8) is 0 Å². The molecule has 0 radical (unpaired) electrons. The molecule has 0 aromatic heterocycles. The maximum Gasteiger partial charge on any atom is 0.338 e. The van der Waals surface area contributed by atoms with Crippen molar-refractivity contribution in [3.05, 3.63) is 71.0 Å². The normalized spacial score (nSPS) is 10.2. The fourth-order valence-electron chi connectivity index (χ4n) is 1.74. The first-order valence-corrected chi connectivity index (χ1v) is 6.58. The molecule has 2 aromatic rings. The van der Waals surface area contributed by atoms with Crippen LogP contribution in [-0.2, 0) is 16.1 Å². The van der Waals surface area contributed by atoms with Gasteiger partial charge in [-0.1, -0.05) is 12.1 Å². The highest BCUT2D eigenvalue weighted by molar-refractivity contribution is 5.91. The third kappa shape index (κ3) is 5.14.